The van der Waals surface area contributed by atoms with Crippen molar-refractivity contribution >= 4 is 28.9 Å². The first kappa shape index (κ1) is 14.7. The minimum atomic E-state index is -0.321. The molecule has 4 nitrogen and oxygen atoms in total. The maximum Gasteiger partial charge on any atom is 0.253 e. The molecule has 0 spiro atoms. The summed E-state index contributed by atoms with van der Waals surface area (Å²) in [5.41, 5.74) is 1.86. The zero-order valence-corrected chi connectivity index (χ0v) is 12.9. The van der Waals surface area contributed by atoms with E-state index in [1.165, 1.54) is 19.3 Å². The predicted octanol–water partition coefficient (Wildman–Crippen LogP) is 3.45. The van der Waals surface area contributed by atoms with Crippen LogP contribution in [0.15, 0.2) is 18.2 Å². The third kappa shape index (κ3) is 3.50. The fraction of sp³-hybridized carbons (Fsp3) is 0.562. The lowest BCUT2D eigenvalue weighted by atomic mass is 10.1. The second-order valence-corrected chi connectivity index (χ2v) is 6.14. The Bertz CT molecular complexity index is 509. The zero-order chi connectivity index (χ0) is 14.7. The van der Waals surface area contributed by atoms with Crippen molar-refractivity contribution in [3.63, 3.8) is 0 Å². The molecule has 1 amide bonds. The maximum absolute atomic E-state index is 12.3. The van der Waals surface area contributed by atoms with Gasteiger partial charge in [0, 0.05) is 24.7 Å². The molecule has 1 aromatic rings. The Morgan fingerprint density at radius 1 is 1.24 bits per heavy atom. The first-order valence-electron chi connectivity index (χ1n) is 7.71. The van der Waals surface area contributed by atoms with Crippen molar-refractivity contribution in [2.45, 2.75) is 38.2 Å². The van der Waals surface area contributed by atoms with Crippen LogP contribution in [0.1, 0.15) is 32.1 Å². The molecule has 3 rings (SSSR count). The van der Waals surface area contributed by atoms with E-state index in [4.69, 9.17) is 16.3 Å². The summed E-state index contributed by atoms with van der Waals surface area (Å²) in [5, 5.41) is 3.64. The quantitative estimate of drug-likeness (QED) is 0.930. The molecule has 21 heavy (non-hydrogen) atoms. The summed E-state index contributed by atoms with van der Waals surface area (Å²) in [7, 11) is 0. The fourth-order valence-electron chi connectivity index (χ4n) is 3.02. The van der Waals surface area contributed by atoms with E-state index in [2.05, 4.69) is 10.2 Å². The summed E-state index contributed by atoms with van der Waals surface area (Å²) in [6.45, 7) is 2.74. The van der Waals surface area contributed by atoms with Gasteiger partial charge in [0.1, 0.15) is 6.10 Å². The lowest BCUT2D eigenvalue weighted by Crippen LogP contribution is -2.32. The van der Waals surface area contributed by atoms with E-state index in [1.807, 2.05) is 18.2 Å². The van der Waals surface area contributed by atoms with Crippen LogP contribution in [0, 0.1) is 0 Å². The van der Waals surface area contributed by atoms with E-state index in [1.54, 1.807) is 0 Å². The van der Waals surface area contributed by atoms with Crippen LogP contribution in [0.5, 0.6) is 0 Å². The molecule has 2 saturated heterocycles. The summed E-state index contributed by atoms with van der Waals surface area (Å²) in [4.78, 5) is 14.6. The lowest BCUT2D eigenvalue weighted by molar-refractivity contribution is -0.124. The molecule has 0 aromatic heterocycles. The monoisotopic (exact) mass is 308 g/mol. The summed E-state index contributed by atoms with van der Waals surface area (Å²) >= 11 is 6.10. The summed E-state index contributed by atoms with van der Waals surface area (Å²) < 4.78 is 5.44. The molecule has 1 N–H and O–H groups in total. The van der Waals surface area contributed by atoms with Gasteiger partial charge >= 0.3 is 0 Å². The second-order valence-electron chi connectivity index (χ2n) is 5.70. The van der Waals surface area contributed by atoms with E-state index < -0.39 is 0 Å². The van der Waals surface area contributed by atoms with Gasteiger partial charge in [-0.15, -0.1) is 0 Å². The maximum atomic E-state index is 12.3. The van der Waals surface area contributed by atoms with Gasteiger partial charge in [0.25, 0.3) is 5.91 Å². The molecular weight excluding hydrogens is 288 g/mol. The van der Waals surface area contributed by atoms with E-state index in [0.29, 0.717) is 11.6 Å². The van der Waals surface area contributed by atoms with Crippen LogP contribution in [-0.2, 0) is 9.53 Å². The second kappa shape index (κ2) is 6.67. The number of nitrogens with zero attached hydrogens (tertiary/aromatic N) is 1. The molecule has 0 bridgehead atoms. The van der Waals surface area contributed by atoms with Crippen molar-refractivity contribution in [3.05, 3.63) is 23.2 Å². The summed E-state index contributed by atoms with van der Waals surface area (Å²) in [6.07, 6.45) is 5.10. The Balaban J connectivity index is 1.78. The number of nitrogens with one attached hydrogen (secondary N) is 1. The molecule has 1 aromatic carbocycles. The average Bonchev–Trinajstić information content (AvgIpc) is 3.03. The third-order valence-electron chi connectivity index (χ3n) is 4.14. The fourth-order valence-corrected chi connectivity index (χ4v) is 3.19. The molecule has 2 aliphatic rings. The largest absolute Gasteiger partial charge is 0.370 e. The van der Waals surface area contributed by atoms with E-state index in [0.717, 1.165) is 37.3 Å². The zero-order valence-electron chi connectivity index (χ0n) is 12.1. The number of anilines is 2. The summed E-state index contributed by atoms with van der Waals surface area (Å²) in [6, 6.07) is 5.71. The van der Waals surface area contributed by atoms with Crippen LogP contribution in [0.3, 0.4) is 0 Å². The highest BCUT2D eigenvalue weighted by Gasteiger charge is 2.25. The molecule has 1 unspecified atom stereocenters. The van der Waals surface area contributed by atoms with Gasteiger partial charge in [-0.3, -0.25) is 4.79 Å². The highest BCUT2D eigenvalue weighted by molar-refractivity contribution is 6.31. The number of amides is 1. The van der Waals surface area contributed by atoms with Crippen LogP contribution in [0.4, 0.5) is 11.4 Å². The number of ether oxygens (including phenoxy) is 1. The van der Waals surface area contributed by atoms with Crippen LogP contribution >= 0.6 is 11.6 Å². The van der Waals surface area contributed by atoms with Crippen molar-refractivity contribution in [2.75, 3.05) is 29.9 Å². The number of hydrogen-bond donors (Lipinski definition) is 1. The van der Waals surface area contributed by atoms with Crippen molar-refractivity contribution in [3.8, 4) is 0 Å². The van der Waals surface area contributed by atoms with Crippen LogP contribution in [0.25, 0.3) is 0 Å². The highest BCUT2D eigenvalue weighted by atomic mass is 35.5. The van der Waals surface area contributed by atoms with Crippen LogP contribution in [0.2, 0.25) is 5.02 Å². The molecule has 114 valence electrons. The van der Waals surface area contributed by atoms with Gasteiger partial charge < -0.3 is 15.0 Å². The average molecular weight is 309 g/mol. The van der Waals surface area contributed by atoms with Gasteiger partial charge in [0.05, 0.1) is 11.4 Å². The molecule has 2 heterocycles. The van der Waals surface area contributed by atoms with E-state index in [9.17, 15) is 4.79 Å². The number of piperidine rings is 1. The Hall–Kier alpha value is -1.26. The predicted molar refractivity (Wildman–Crippen MR) is 85.1 cm³/mol. The summed E-state index contributed by atoms with van der Waals surface area (Å²) in [5.74, 6) is -0.0620. The minimum absolute atomic E-state index is 0.0620. The first-order chi connectivity index (χ1) is 10.2. The Morgan fingerprint density at radius 2 is 2.05 bits per heavy atom. The molecule has 0 saturated carbocycles. The molecular formula is C16H21ClN2O2. The smallest absolute Gasteiger partial charge is 0.253 e. The van der Waals surface area contributed by atoms with Crippen LogP contribution < -0.4 is 10.2 Å². The molecule has 0 radical (unpaired) electrons. The molecule has 0 aliphatic carbocycles. The van der Waals surface area contributed by atoms with Crippen molar-refractivity contribution in [2.24, 2.45) is 0 Å². The van der Waals surface area contributed by atoms with Crippen molar-refractivity contribution in [1.29, 1.82) is 0 Å². The van der Waals surface area contributed by atoms with Crippen molar-refractivity contribution in [1.82, 2.24) is 0 Å². The van der Waals surface area contributed by atoms with Gasteiger partial charge in [-0.2, -0.15) is 0 Å². The van der Waals surface area contributed by atoms with Gasteiger partial charge in [-0.1, -0.05) is 11.6 Å². The van der Waals surface area contributed by atoms with E-state index >= 15 is 0 Å². The normalized spacial score (nSPS) is 22.3. The van der Waals surface area contributed by atoms with Crippen molar-refractivity contribution < 1.29 is 9.53 Å². The molecule has 2 fully saturated rings. The van der Waals surface area contributed by atoms with E-state index in [-0.39, 0.29) is 12.0 Å². The highest BCUT2D eigenvalue weighted by Crippen LogP contribution is 2.31. The molecule has 5 heteroatoms. The Kier molecular flexibility index (Phi) is 4.66. The molecule has 1 atom stereocenters. The standard InChI is InChI=1S/C16H21ClN2O2/c17-12-6-7-14(19-8-2-1-3-9-19)13(11-12)18-16(20)15-5-4-10-21-15/h6-7,11,15H,1-5,8-10H2,(H,18,20). The third-order valence-corrected chi connectivity index (χ3v) is 4.37. The number of benzene rings is 1. The molecule has 2 aliphatic heterocycles. The Morgan fingerprint density at radius 3 is 2.76 bits per heavy atom. The minimum Gasteiger partial charge on any atom is -0.370 e. The number of carbonyl (C=O) groups excluding carboxylic acids is 1. The first-order valence-corrected chi connectivity index (χ1v) is 8.09. The van der Waals surface area contributed by atoms with Crippen LogP contribution in [-0.4, -0.2) is 31.7 Å². The number of rotatable bonds is 3. The number of carbonyl (C=O) groups is 1. The van der Waals surface area contributed by atoms with Gasteiger partial charge in [-0.25, -0.2) is 0 Å². The number of halogens is 1. The van der Waals surface area contributed by atoms with Gasteiger partial charge in [0.2, 0.25) is 0 Å². The number of hydrogen-bond acceptors (Lipinski definition) is 3. The van der Waals surface area contributed by atoms with Gasteiger partial charge in [-0.05, 0) is 50.3 Å². The topological polar surface area (TPSA) is 41.6 Å². The Labute approximate surface area is 130 Å². The SMILES string of the molecule is O=C(Nc1cc(Cl)ccc1N1CCCCC1)C1CCCO1. The lowest BCUT2D eigenvalue weighted by Gasteiger charge is -2.30. The van der Waals surface area contributed by atoms with Gasteiger partial charge in [0.15, 0.2) is 0 Å².